The summed E-state index contributed by atoms with van der Waals surface area (Å²) in [6.07, 6.45) is 7.89. The maximum atomic E-state index is 12.7. The Kier molecular flexibility index (Phi) is 8.78. The number of hydrogen-bond donors (Lipinski definition) is 2. The van der Waals surface area contributed by atoms with Gasteiger partial charge in [0.1, 0.15) is 0 Å². The van der Waals surface area contributed by atoms with E-state index in [9.17, 15) is 9.59 Å². The van der Waals surface area contributed by atoms with Gasteiger partial charge in [0.05, 0.1) is 6.04 Å². The predicted molar refractivity (Wildman–Crippen MR) is 119 cm³/mol. The quantitative estimate of drug-likeness (QED) is 0.363. The summed E-state index contributed by atoms with van der Waals surface area (Å²) in [5, 5.41) is 6.39. The van der Waals surface area contributed by atoms with E-state index in [4.69, 9.17) is 0 Å². The minimum atomic E-state index is -0.0460. The van der Waals surface area contributed by atoms with Crippen LogP contribution in [0.3, 0.4) is 0 Å². The smallest absolute Gasteiger partial charge is 0.239 e. The Hall–Kier alpha value is -1.83. The van der Waals surface area contributed by atoms with Crippen LogP contribution >= 0.6 is 0 Å². The van der Waals surface area contributed by atoms with Gasteiger partial charge in [0.25, 0.3) is 0 Å². The number of amides is 2. The van der Waals surface area contributed by atoms with Gasteiger partial charge in [-0.15, -0.1) is 0 Å². The van der Waals surface area contributed by atoms with Gasteiger partial charge in [-0.1, -0.05) is 12.8 Å². The fraction of sp³-hybridized carbons (Fsp3) is 0.864. The molecule has 8 nitrogen and oxygen atoms in total. The van der Waals surface area contributed by atoms with Crippen LogP contribution in [-0.4, -0.2) is 97.9 Å². The van der Waals surface area contributed by atoms with Crippen molar-refractivity contribution in [2.24, 2.45) is 10.9 Å². The van der Waals surface area contributed by atoms with Crippen LogP contribution in [0.4, 0.5) is 0 Å². The van der Waals surface area contributed by atoms with E-state index in [1.807, 2.05) is 11.8 Å². The van der Waals surface area contributed by atoms with Crippen molar-refractivity contribution in [1.29, 1.82) is 0 Å². The number of hydrogen-bond acceptors (Lipinski definition) is 4. The minimum absolute atomic E-state index is 0.0460. The molecule has 1 atom stereocenters. The zero-order chi connectivity index (χ0) is 21.3. The van der Waals surface area contributed by atoms with Gasteiger partial charge in [-0.25, -0.2) is 0 Å². The van der Waals surface area contributed by atoms with Crippen molar-refractivity contribution in [1.82, 2.24) is 25.3 Å². The summed E-state index contributed by atoms with van der Waals surface area (Å²) >= 11 is 0. The highest BCUT2D eigenvalue weighted by molar-refractivity contribution is 5.82. The van der Waals surface area contributed by atoms with Crippen molar-refractivity contribution in [3.63, 3.8) is 0 Å². The zero-order valence-electron chi connectivity index (χ0n) is 18.9. The maximum Gasteiger partial charge on any atom is 0.239 e. The van der Waals surface area contributed by atoms with Gasteiger partial charge >= 0.3 is 0 Å². The molecule has 3 fully saturated rings. The number of guanidine groups is 1. The zero-order valence-corrected chi connectivity index (χ0v) is 18.9. The lowest BCUT2D eigenvalue weighted by Crippen LogP contribution is -2.57. The first-order valence-corrected chi connectivity index (χ1v) is 11.8. The number of nitrogens with zero attached hydrogens (tertiary/aromatic N) is 4. The van der Waals surface area contributed by atoms with E-state index >= 15 is 0 Å². The average molecular weight is 421 g/mol. The Labute approximate surface area is 181 Å². The second kappa shape index (κ2) is 11.5. The van der Waals surface area contributed by atoms with Crippen molar-refractivity contribution in [2.75, 3.05) is 59.4 Å². The predicted octanol–water partition coefficient (Wildman–Crippen LogP) is 0.887. The third-order valence-electron chi connectivity index (χ3n) is 6.83. The SMILES string of the molecule is CN=C(NCCNC(=O)CC1CCCC1)N1CCN(C(C)C(=O)N2CCCC2)CC1. The van der Waals surface area contributed by atoms with Gasteiger partial charge in [0.15, 0.2) is 5.96 Å². The second-order valence-electron chi connectivity index (χ2n) is 8.91. The topological polar surface area (TPSA) is 80.3 Å². The summed E-state index contributed by atoms with van der Waals surface area (Å²) in [6.45, 7) is 8.58. The molecular weight excluding hydrogens is 380 g/mol. The fourth-order valence-corrected chi connectivity index (χ4v) is 4.94. The van der Waals surface area contributed by atoms with E-state index in [-0.39, 0.29) is 17.9 Å². The molecule has 0 aromatic rings. The number of rotatable bonds is 7. The van der Waals surface area contributed by atoms with E-state index in [2.05, 4.69) is 25.4 Å². The van der Waals surface area contributed by atoms with E-state index < -0.39 is 0 Å². The molecule has 2 N–H and O–H groups in total. The summed E-state index contributed by atoms with van der Waals surface area (Å²) in [5.74, 6) is 1.90. The molecule has 3 aliphatic rings. The molecular formula is C22H40N6O2. The molecule has 0 bridgehead atoms. The summed E-state index contributed by atoms with van der Waals surface area (Å²) in [5.41, 5.74) is 0. The largest absolute Gasteiger partial charge is 0.354 e. The van der Waals surface area contributed by atoms with Gasteiger partial charge < -0.3 is 20.4 Å². The van der Waals surface area contributed by atoms with Crippen LogP contribution in [0.25, 0.3) is 0 Å². The van der Waals surface area contributed by atoms with Crippen molar-refractivity contribution >= 4 is 17.8 Å². The Morgan fingerprint density at radius 2 is 1.53 bits per heavy atom. The molecule has 30 heavy (non-hydrogen) atoms. The average Bonchev–Trinajstić information content (AvgIpc) is 3.47. The van der Waals surface area contributed by atoms with E-state index in [0.29, 0.717) is 25.4 Å². The van der Waals surface area contributed by atoms with Gasteiger partial charge in [0.2, 0.25) is 11.8 Å². The van der Waals surface area contributed by atoms with Crippen LogP contribution in [0, 0.1) is 5.92 Å². The highest BCUT2D eigenvalue weighted by atomic mass is 16.2. The van der Waals surface area contributed by atoms with E-state index in [1.54, 1.807) is 7.05 Å². The Morgan fingerprint density at radius 3 is 2.17 bits per heavy atom. The van der Waals surface area contributed by atoms with E-state index in [0.717, 1.165) is 58.1 Å². The van der Waals surface area contributed by atoms with Crippen LogP contribution in [0.5, 0.6) is 0 Å². The third-order valence-corrected chi connectivity index (χ3v) is 6.83. The Bertz CT molecular complexity index is 590. The highest BCUT2D eigenvalue weighted by Crippen LogP contribution is 2.27. The lowest BCUT2D eigenvalue weighted by atomic mass is 10.0. The van der Waals surface area contributed by atoms with Crippen molar-refractivity contribution in [3.8, 4) is 0 Å². The fourth-order valence-electron chi connectivity index (χ4n) is 4.94. The minimum Gasteiger partial charge on any atom is -0.354 e. The molecule has 2 heterocycles. The van der Waals surface area contributed by atoms with Crippen LogP contribution in [-0.2, 0) is 9.59 Å². The monoisotopic (exact) mass is 420 g/mol. The first-order chi connectivity index (χ1) is 14.6. The number of nitrogens with one attached hydrogen (secondary N) is 2. The number of aliphatic imine (C=N–C) groups is 1. The number of likely N-dealkylation sites (tertiary alicyclic amines) is 1. The molecule has 170 valence electrons. The molecule has 3 rings (SSSR count). The molecule has 0 radical (unpaired) electrons. The summed E-state index contributed by atoms with van der Waals surface area (Å²) in [7, 11) is 1.80. The number of piperazine rings is 1. The summed E-state index contributed by atoms with van der Waals surface area (Å²) in [6, 6.07) is -0.0460. The van der Waals surface area contributed by atoms with Crippen molar-refractivity contribution in [3.05, 3.63) is 0 Å². The Morgan fingerprint density at radius 1 is 0.900 bits per heavy atom. The highest BCUT2D eigenvalue weighted by Gasteiger charge is 2.30. The van der Waals surface area contributed by atoms with Crippen LogP contribution in [0.1, 0.15) is 51.9 Å². The molecule has 0 aromatic carbocycles. The van der Waals surface area contributed by atoms with E-state index in [1.165, 1.54) is 25.7 Å². The number of carbonyl (C=O) groups excluding carboxylic acids is 2. The van der Waals surface area contributed by atoms with Crippen LogP contribution < -0.4 is 10.6 Å². The van der Waals surface area contributed by atoms with Gasteiger partial charge in [0, 0.05) is 65.8 Å². The lowest BCUT2D eigenvalue weighted by Gasteiger charge is -2.39. The summed E-state index contributed by atoms with van der Waals surface area (Å²) < 4.78 is 0. The maximum absolute atomic E-state index is 12.7. The normalized spacial score (nSPS) is 22.4. The molecule has 1 aliphatic carbocycles. The van der Waals surface area contributed by atoms with Crippen molar-refractivity contribution < 1.29 is 9.59 Å². The standard InChI is InChI=1S/C22H40N6O2/c1-18(21(30)27-11-5-6-12-27)26-13-15-28(16-14-26)22(23-2)25-10-9-24-20(29)17-19-7-3-4-8-19/h18-19H,3-17H2,1-2H3,(H,23,25)(H,24,29). The molecule has 2 saturated heterocycles. The lowest BCUT2D eigenvalue weighted by molar-refractivity contribution is -0.135. The second-order valence-corrected chi connectivity index (χ2v) is 8.91. The van der Waals surface area contributed by atoms with Crippen molar-refractivity contribution in [2.45, 2.75) is 57.9 Å². The molecule has 8 heteroatoms. The summed E-state index contributed by atoms with van der Waals surface area (Å²) in [4.78, 5) is 35.6. The van der Waals surface area contributed by atoms with Crippen LogP contribution in [0.15, 0.2) is 4.99 Å². The molecule has 2 aliphatic heterocycles. The van der Waals surface area contributed by atoms with Gasteiger partial charge in [-0.05, 0) is 38.5 Å². The third kappa shape index (κ3) is 6.33. The Balaban J connectivity index is 1.33. The molecule has 1 saturated carbocycles. The first kappa shape index (κ1) is 22.8. The van der Waals surface area contributed by atoms with Crippen LogP contribution in [0.2, 0.25) is 0 Å². The van der Waals surface area contributed by atoms with Gasteiger partial charge in [-0.3, -0.25) is 19.5 Å². The number of carbonyl (C=O) groups is 2. The molecule has 0 spiro atoms. The first-order valence-electron chi connectivity index (χ1n) is 11.8. The van der Waals surface area contributed by atoms with Gasteiger partial charge in [-0.2, -0.15) is 0 Å². The molecule has 1 unspecified atom stereocenters. The molecule has 2 amide bonds. The molecule has 0 aromatic heterocycles.